The van der Waals surface area contributed by atoms with Crippen LogP contribution >= 0.6 is 11.3 Å². The third kappa shape index (κ3) is 3.28. The molecule has 1 aliphatic rings. The number of nitrogens with zero attached hydrogens (tertiary/aromatic N) is 1. The predicted octanol–water partition coefficient (Wildman–Crippen LogP) is 4.23. The van der Waals surface area contributed by atoms with Crippen molar-refractivity contribution in [2.75, 3.05) is 6.54 Å². The van der Waals surface area contributed by atoms with Gasteiger partial charge in [-0.1, -0.05) is 44.2 Å². The second-order valence-corrected chi connectivity index (χ2v) is 6.94. The lowest BCUT2D eigenvalue weighted by atomic mass is 10.1. The molecule has 20 heavy (non-hydrogen) atoms. The molecule has 1 saturated carbocycles. The van der Waals surface area contributed by atoms with E-state index in [2.05, 4.69) is 49.5 Å². The summed E-state index contributed by atoms with van der Waals surface area (Å²) in [6.07, 6.45) is 3.79. The van der Waals surface area contributed by atoms with E-state index in [1.54, 1.807) is 0 Å². The normalized spacial score (nSPS) is 14.9. The Morgan fingerprint density at radius 1 is 1.25 bits per heavy atom. The van der Waals surface area contributed by atoms with Crippen LogP contribution in [0.3, 0.4) is 0 Å². The molecule has 3 rings (SSSR count). The van der Waals surface area contributed by atoms with Crippen LogP contribution in [-0.4, -0.2) is 17.6 Å². The number of thiazole rings is 1. The molecule has 1 heterocycles. The van der Waals surface area contributed by atoms with Gasteiger partial charge in [0.05, 0.1) is 10.7 Å². The van der Waals surface area contributed by atoms with Gasteiger partial charge in [0, 0.05) is 28.9 Å². The fourth-order valence-corrected chi connectivity index (χ4v) is 3.37. The van der Waals surface area contributed by atoms with Crippen LogP contribution < -0.4 is 5.32 Å². The Balaban J connectivity index is 1.81. The van der Waals surface area contributed by atoms with E-state index in [1.165, 1.54) is 34.0 Å². The van der Waals surface area contributed by atoms with Gasteiger partial charge in [-0.3, -0.25) is 0 Å². The van der Waals surface area contributed by atoms with Crippen molar-refractivity contribution >= 4 is 11.3 Å². The van der Waals surface area contributed by atoms with E-state index in [0.29, 0.717) is 5.92 Å². The van der Waals surface area contributed by atoms with E-state index in [4.69, 9.17) is 4.98 Å². The largest absolute Gasteiger partial charge is 0.314 e. The van der Waals surface area contributed by atoms with E-state index < -0.39 is 0 Å². The number of rotatable bonds is 6. The molecule has 0 spiro atoms. The lowest BCUT2D eigenvalue weighted by Gasteiger charge is -2.03. The van der Waals surface area contributed by atoms with Gasteiger partial charge in [-0.2, -0.15) is 0 Å². The van der Waals surface area contributed by atoms with Gasteiger partial charge in [0.2, 0.25) is 0 Å². The first-order valence-corrected chi connectivity index (χ1v) is 8.34. The molecular formula is C17H22N2S. The average Bonchev–Trinajstić information content (AvgIpc) is 3.17. The fourth-order valence-electron chi connectivity index (χ4n) is 2.29. The van der Waals surface area contributed by atoms with E-state index in [1.807, 2.05) is 11.3 Å². The van der Waals surface area contributed by atoms with Crippen LogP contribution in [0.2, 0.25) is 0 Å². The van der Waals surface area contributed by atoms with Gasteiger partial charge >= 0.3 is 0 Å². The monoisotopic (exact) mass is 286 g/mol. The van der Waals surface area contributed by atoms with Gasteiger partial charge in [-0.05, 0) is 19.3 Å². The van der Waals surface area contributed by atoms with Crippen molar-refractivity contribution in [2.24, 2.45) is 0 Å². The second kappa shape index (κ2) is 6.06. The molecule has 1 aromatic carbocycles. The van der Waals surface area contributed by atoms with Gasteiger partial charge in [-0.25, -0.2) is 4.98 Å². The maximum absolute atomic E-state index is 4.88. The summed E-state index contributed by atoms with van der Waals surface area (Å²) < 4.78 is 0. The van der Waals surface area contributed by atoms with Crippen LogP contribution in [-0.2, 0) is 6.42 Å². The van der Waals surface area contributed by atoms with Gasteiger partial charge in [-0.15, -0.1) is 11.3 Å². The van der Waals surface area contributed by atoms with E-state index in [-0.39, 0.29) is 0 Å². The summed E-state index contributed by atoms with van der Waals surface area (Å²) in [5, 5.41) is 4.86. The molecule has 0 unspecified atom stereocenters. The molecule has 0 aliphatic heterocycles. The highest BCUT2D eigenvalue weighted by Gasteiger charge is 2.20. The van der Waals surface area contributed by atoms with Crippen molar-refractivity contribution in [1.82, 2.24) is 10.3 Å². The van der Waals surface area contributed by atoms with Gasteiger partial charge in [0.15, 0.2) is 0 Å². The molecular weight excluding hydrogens is 264 g/mol. The van der Waals surface area contributed by atoms with E-state index in [0.717, 1.165) is 19.0 Å². The predicted molar refractivity (Wildman–Crippen MR) is 86.4 cm³/mol. The first-order valence-electron chi connectivity index (χ1n) is 7.52. The molecule has 1 fully saturated rings. The first-order chi connectivity index (χ1) is 9.74. The zero-order valence-corrected chi connectivity index (χ0v) is 13.0. The van der Waals surface area contributed by atoms with Crippen molar-refractivity contribution in [1.29, 1.82) is 0 Å². The fraction of sp³-hybridized carbons (Fsp3) is 0.471. The molecule has 1 aromatic heterocycles. The minimum atomic E-state index is 0.507. The molecule has 0 bridgehead atoms. The molecule has 2 nitrogen and oxygen atoms in total. The van der Waals surface area contributed by atoms with Gasteiger partial charge < -0.3 is 5.32 Å². The van der Waals surface area contributed by atoms with Crippen molar-refractivity contribution in [3.63, 3.8) is 0 Å². The number of benzene rings is 1. The molecule has 1 aliphatic carbocycles. The Labute approximate surface area is 125 Å². The maximum atomic E-state index is 4.88. The van der Waals surface area contributed by atoms with E-state index in [9.17, 15) is 0 Å². The Morgan fingerprint density at radius 3 is 2.65 bits per heavy atom. The highest BCUT2D eigenvalue weighted by molar-refractivity contribution is 7.12. The molecule has 0 atom stereocenters. The van der Waals surface area contributed by atoms with Crippen molar-refractivity contribution in [3.05, 3.63) is 40.2 Å². The van der Waals surface area contributed by atoms with Crippen molar-refractivity contribution < 1.29 is 0 Å². The molecule has 0 amide bonds. The summed E-state index contributed by atoms with van der Waals surface area (Å²) in [7, 11) is 0. The molecule has 1 N–H and O–H groups in total. The average molecular weight is 286 g/mol. The lowest BCUT2D eigenvalue weighted by molar-refractivity contribution is 0.685. The second-order valence-electron chi connectivity index (χ2n) is 5.82. The summed E-state index contributed by atoms with van der Waals surface area (Å²) in [5.74, 6) is 0.507. The van der Waals surface area contributed by atoms with Crippen LogP contribution in [0.4, 0.5) is 0 Å². The minimum Gasteiger partial charge on any atom is -0.314 e. The summed E-state index contributed by atoms with van der Waals surface area (Å²) in [5.41, 5.74) is 2.44. The number of aromatic nitrogens is 1. The minimum absolute atomic E-state index is 0.507. The summed E-state index contributed by atoms with van der Waals surface area (Å²) in [6.45, 7) is 5.52. The molecule has 0 radical (unpaired) electrons. The molecule has 106 valence electrons. The Bertz CT molecular complexity index is 556. The van der Waals surface area contributed by atoms with Crippen LogP contribution in [0.25, 0.3) is 11.3 Å². The number of hydrogen-bond acceptors (Lipinski definition) is 3. The van der Waals surface area contributed by atoms with Crippen LogP contribution in [0, 0.1) is 0 Å². The smallest absolute Gasteiger partial charge is 0.0960 e. The van der Waals surface area contributed by atoms with Gasteiger partial charge in [0.1, 0.15) is 0 Å². The summed E-state index contributed by atoms with van der Waals surface area (Å²) in [6, 6.07) is 11.4. The van der Waals surface area contributed by atoms with Crippen LogP contribution in [0.1, 0.15) is 42.5 Å². The Morgan fingerprint density at radius 2 is 2.00 bits per heavy atom. The Kier molecular flexibility index (Phi) is 4.18. The quantitative estimate of drug-likeness (QED) is 0.859. The third-order valence-corrected chi connectivity index (χ3v) is 5.03. The zero-order valence-electron chi connectivity index (χ0n) is 12.2. The highest BCUT2D eigenvalue weighted by Crippen LogP contribution is 2.32. The van der Waals surface area contributed by atoms with Crippen LogP contribution in [0.15, 0.2) is 30.3 Å². The Hall–Kier alpha value is -1.19. The third-order valence-electron chi connectivity index (χ3n) is 3.62. The van der Waals surface area contributed by atoms with E-state index >= 15 is 0 Å². The topological polar surface area (TPSA) is 24.9 Å². The maximum Gasteiger partial charge on any atom is 0.0960 e. The zero-order chi connectivity index (χ0) is 13.9. The van der Waals surface area contributed by atoms with Crippen molar-refractivity contribution in [3.8, 4) is 11.3 Å². The van der Waals surface area contributed by atoms with Crippen molar-refractivity contribution in [2.45, 2.75) is 45.1 Å². The highest BCUT2D eigenvalue weighted by atomic mass is 32.1. The molecule has 2 aromatic rings. The van der Waals surface area contributed by atoms with Crippen LogP contribution in [0.5, 0.6) is 0 Å². The number of hydrogen-bond donors (Lipinski definition) is 1. The SMILES string of the molecule is CC(C)c1nc(-c2ccccc2)c(CCNC2CC2)s1. The lowest BCUT2D eigenvalue weighted by Crippen LogP contribution is -2.19. The first kappa shape index (κ1) is 13.8. The molecule has 3 heteroatoms. The summed E-state index contributed by atoms with van der Waals surface area (Å²) >= 11 is 1.88. The molecule has 0 saturated heterocycles. The van der Waals surface area contributed by atoms with Gasteiger partial charge in [0.25, 0.3) is 0 Å². The summed E-state index contributed by atoms with van der Waals surface area (Å²) in [4.78, 5) is 6.31. The standard InChI is InChI=1S/C17H22N2S/c1-12(2)17-19-16(13-6-4-3-5-7-13)15(20-17)10-11-18-14-8-9-14/h3-7,12,14,18H,8-11H2,1-2H3. The number of nitrogens with one attached hydrogen (secondary N) is 1.